The Morgan fingerprint density at radius 2 is 1.83 bits per heavy atom. The highest BCUT2D eigenvalue weighted by Gasteiger charge is 2.30. The fraction of sp³-hybridized carbons (Fsp3) is 0.185. The molecule has 0 heterocycles. The van der Waals surface area contributed by atoms with Gasteiger partial charge in [0.15, 0.2) is 0 Å². The van der Waals surface area contributed by atoms with Gasteiger partial charge in [0.05, 0.1) is 12.7 Å². The molecule has 0 aliphatic heterocycles. The van der Waals surface area contributed by atoms with Gasteiger partial charge in [-0.25, -0.2) is 0 Å². The highest BCUT2D eigenvalue weighted by molar-refractivity contribution is 6.09. The molecule has 3 rings (SSSR count). The van der Waals surface area contributed by atoms with E-state index in [1.54, 1.807) is 24.3 Å². The standard InChI is InChI=1S/C27H23F3N2O3/c1-17-7-8-19(11-18(17)2)16-35-25-14-24(34-3)10-9-20(25)12-21(15-31)26(33)32-23-6-4-5-22(13-23)27(28,29)30/h4-14H,16H2,1-3H3,(H,32,33)/b21-12+. The van der Waals surface area contributed by atoms with Crippen LogP contribution in [0.2, 0.25) is 0 Å². The van der Waals surface area contributed by atoms with Gasteiger partial charge in [-0.2, -0.15) is 18.4 Å². The van der Waals surface area contributed by atoms with Gasteiger partial charge < -0.3 is 14.8 Å². The van der Waals surface area contributed by atoms with E-state index in [1.807, 2.05) is 32.0 Å². The highest BCUT2D eigenvalue weighted by atomic mass is 19.4. The second-order valence-electron chi connectivity index (χ2n) is 7.81. The van der Waals surface area contributed by atoms with E-state index in [0.717, 1.165) is 28.8 Å². The molecule has 0 saturated heterocycles. The van der Waals surface area contributed by atoms with E-state index >= 15 is 0 Å². The Labute approximate surface area is 201 Å². The zero-order valence-corrected chi connectivity index (χ0v) is 19.4. The topological polar surface area (TPSA) is 71.3 Å². The Kier molecular flexibility index (Phi) is 7.82. The summed E-state index contributed by atoms with van der Waals surface area (Å²) in [4.78, 5) is 12.6. The normalized spacial score (nSPS) is 11.5. The van der Waals surface area contributed by atoms with Gasteiger partial charge >= 0.3 is 6.18 Å². The summed E-state index contributed by atoms with van der Waals surface area (Å²) < 4.78 is 50.1. The summed E-state index contributed by atoms with van der Waals surface area (Å²) in [5.74, 6) is 0.0501. The summed E-state index contributed by atoms with van der Waals surface area (Å²) in [7, 11) is 1.50. The number of alkyl halides is 3. The quantitative estimate of drug-likeness (QED) is 0.311. The molecule has 0 aliphatic carbocycles. The molecule has 0 saturated carbocycles. The minimum atomic E-state index is -4.56. The molecule has 0 bridgehead atoms. The summed E-state index contributed by atoms with van der Waals surface area (Å²) >= 11 is 0. The molecule has 35 heavy (non-hydrogen) atoms. The molecule has 1 N–H and O–H groups in total. The number of rotatable bonds is 7. The van der Waals surface area contributed by atoms with Gasteiger partial charge in [-0.3, -0.25) is 4.79 Å². The van der Waals surface area contributed by atoms with E-state index in [-0.39, 0.29) is 17.9 Å². The predicted octanol–water partition coefficient (Wildman–Crippen LogP) is 6.46. The summed E-state index contributed by atoms with van der Waals surface area (Å²) in [6, 6.07) is 16.8. The number of carbonyl (C=O) groups excluding carboxylic acids is 1. The molecule has 0 radical (unpaired) electrons. The first-order valence-electron chi connectivity index (χ1n) is 10.6. The van der Waals surface area contributed by atoms with Gasteiger partial charge in [-0.15, -0.1) is 0 Å². The predicted molar refractivity (Wildman–Crippen MR) is 127 cm³/mol. The number of anilines is 1. The second kappa shape index (κ2) is 10.8. The van der Waals surface area contributed by atoms with Crippen LogP contribution in [0, 0.1) is 25.2 Å². The van der Waals surface area contributed by atoms with Gasteiger partial charge in [-0.05, 0) is 66.9 Å². The summed E-state index contributed by atoms with van der Waals surface area (Å²) in [5.41, 5.74) is 2.36. The third kappa shape index (κ3) is 6.64. The van der Waals surface area contributed by atoms with Crippen molar-refractivity contribution >= 4 is 17.7 Å². The minimum Gasteiger partial charge on any atom is -0.497 e. The lowest BCUT2D eigenvalue weighted by atomic mass is 10.1. The number of ether oxygens (including phenoxy) is 2. The monoisotopic (exact) mass is 480 g/mol. The van der Waals surface area contributed by atoms with Gasteiger partial charge in [0.2, 0.25) is 0 Å². The average Bonchev–Trinajstić information content (AvgIpc) is 2.83. The molecule has 0 unspecified atom stereocenters. The molecule has 0 aliphatic rings. The zero-order valence-electron chi connectivity index (χ0n) is 19.4. The van der Waals surface area contributed by atoms with Crippen LogP contribution >= 0.6 is 0 Å². The first kappa shape index (κ1) is 25.4. The van der Waals surface area contributed by atoms with Crippen LogP contribution in [0.15, 0.2) is 66.2 Å². The molecular weight excluding hydrogens is 457 g/mol. The number of nitriles is 1. The van der Waals surface area contributed by atoms with Gasteiger partial charge in [0.25, 0.3) is 5.91 Å². The highest BCUT2D eigenvalue weighted by Crippen LogP contribution is 2.31. The molecule has 0 aromatic heterocycles. The van der Waals surface area contributed by atoms with Crippen molar-refractivity contribution in [3.8, 4) is 17.6 Å². The molecule has 1 amide bonds. The molecule has 8 heteroatoms. The van der Waals surface area contributed by atoms with Crippen LogP contribution in [-0.2, 0) is 17.6 Å². The Morgan fingerprint density at radius 3 is 2.49 bits per heavy atom. The SMILES string of the molecule is COc1ccc(/C=C(\C#N)C(=O)Nc2cccc(C(F)(F)F)c2)c(OCc2ccc(C)c(C)c2)c1. The number of amides is 1. The number of nitrogens with one attached hydrogen (secondary N) is 1. The van der Waals surface area contributed by atoms with Crippen LogP contribution in [0.1, 0.15) is 27.8 Å². The lowest BCUT2D eigenvalue weighted by Gasteiger charge is -2.13. The van der Waals surface area contributed by atoms with E-state index in [1.165, 1.54) is 25.3 Å². The summed E-state index contributed by atoms with van der Waals surface area (Å²) in [6.45, 7) is 4.26. The molecule has 0 fully saturated rings. The maximum Gasteiger partial charge on any atom is 0.416 e. The van der Waals surface area contributed by atoms with Crippen molar-refractivity contribution in [1.82, 2.24) is 0 Å². The van der Waals surface area contributed by atoms with E-state index in [0.29, 0.717) is 17.1 Å². The molecule has 180 valence electrons. The molecule has 5 nitrogen and oxygen atoms in total. The number of halogens is 3. The Morgan fingerprint density at radius 1 is 1.06 bits per heavy atom. The van der Waals surface area contributed by atoms with E-state index in [9.17, 15) is 23.2 Å². The fourth-order valence-corrected chi connectivity index (χ4v) is 3.22. The Hall–Kier alpha value is -4.25. The Bertz CT molecular complexity index is 1310. The number of aryl methyl sites for hydroxylation is 2. The van der Waals surface area contributed by atoms with E-state index in [2.05, 4.69) is 5.32 Å². The van der Waals surface area contributed by atoms with Crippen LogP contribution in [0.25, 0.3) is 6.08 Å². The molecule has 0 spiro atoms. The van der Waals surface area contributed by atoms with Crippen LogP contribution < -0.4 is 14.8 Å². The van der Waals surface area contributed by atoms with Crippen molar-refractivity contribution in [3.05, 3.63) is 94.1 Å². The fourth-order valence-electron chi connectivity index (χ4n) is 3.22. The number of hydrogen-bond acceptors (Lipinski definition) is 4. The minimum absolute atomic E-state index is 0.0769. The number of hydrogen-bond donors (Lipinski definition) is 1. The van der Waals surface area contributed by atoms with Crippen molar-refractivity contribution < 1.29 is 27.4 Å². The molecular formula is C27H23F3N2O3. The van der Waals surface area contributed by atoms with Gasteiger partial charge in [0.1, 0.15) is 29.7 Å². The third-order valence-electron chi connectivity index (χ3n) is 5.30. The second-order valence-corrected chi connectivity index (χ2v) is 7.81. The van der Waals surface area contributed by atoms with Crippen molar-refractivity contribution in [2.24, 2.45) is 0 Å². The van der Waals surface area contributed by atoms with Crippen LogP contribution in [0.4, 0.5) is 18.9 Å². The lowest BCUT2D eigenvalue weighted by Crippen LogP contribution is -2.14. The van der Waals surface area contributed by atoms with Crippen LogP contribution in [0.3, 0.4) is 0 Å². The van der Waals surface area contributed by atoms with Gasteiger partial charge in [-0.1, -0.05) is 24.3 Å². The third-order valence-corrected chi connectivity index (χ3v) is 5.30. The number of methoxy groups -OCH3 is 1. The number of benzene rings is 3. The average molecular weight is 480 g/mol. The first-order chi connectivity index (χ1) is 16.6. The molecule has 3 aromatic rings. The van der Waals surface area contributed by atoms with E-state index in [4.69, 9.17) is 9.47 Å². The van der Waals surface area contributed by atoms with Crippen molar-refractivity contribution in [1.29, 1.82) is 5.26 Å². The zero-order chi connectivity index (χ0) is 25.6. The van der Waals surface area contributed by atoms with Crippen molar-refractivity contribution in [3.63, 3.8) is 0 Å². The van der Waals surface area contributed by atoms with E-state index < -0.39 is 17.6 Å². The Balaban J connectivity index is 1.86. The lowest BCUT2D eigenvalue weighted by molar-refractivity contribution is -0.137. The largest absolute Gasteiger partial charge is 0.497 e. The first-order valence-corrected chi connectivity index (χ1v) is 10.6. The summed E-state index contributed by atoms with van der Waals surface area (Å²) in [6.07, 6.45) is -3.24. The number of nitrogens with zero attached hydrogens (tertiary/aromatic N) is 1. The molecule has 0 atom stereocenters. The van der Waals surface area contributed by atoms with Crippen LogP contribution in [-0.4, -0.2) is 13.0 Å². The maximum atomic E-state index is 13.0. The van der Waals surface area contributed by atoms with Crippen molar-refractivity contribution in [2.45, 2.75) is 26.6 Å². The maximum absolute atomic E-state index is 13.0. The van der Waals surface area contributed by atoms with Gasteiger partial charge in [0, 0.05) is 17.3 Å². The smallest absolute Gasteiger partial charge is 0.416 e. The van der Waals surface area contributed by atoms with Crippen LogP contribution in [0.5, 0.6) is 11.5 Å². The van der Waals surface area contributed by atoms with Crippen molar-refractivity contribution in [2.75, 3.05) is 12.4 Å². The summed E-state index contributed by atoms with van der Waals surface area (Å²) in [5, 5.41) is 11.9. The molecule has 3 aromatic carbocycles. The number of carbonyl (C=O) groups is 1.